The Balaban J connectivity index is 1.50. The van der Waals surface area contributed by atoms with Gasteiger partial charge in [0.25, 0.3) is 0 Å². The molecule has 0 bridgehead atoms. The summed E-state index contributed by atoms with van der Waals surface area (Å²) in [5.41, 5.74) is 1.00. The number of likely N-dealkylation sites (tertiary alicyclic amines) is 1. The molecule has 3 heterocycles. The van der Waals surface area contributed by atoms with Crippen LogP contribution in [0.15, 0.2) is 5.38 Å². The van der Waals surface area contributed by atoms with E-state index < -0.39 is 0 Å². The summed E-state index contributed by atoms with van der Waals surface area (Å²) in [7, 11) is 0. The SMILES string of the molecule is CCN(C(C)=O)c1nc(CN2CCC(C(=O)N3CC(C)OC(C)C3)CC2)cs1. The lowest BCUT2D eigenvalue weighted by Gasteiger charge is -2.39. The number of piperidine rings is 1. The van der Waals surface area contributed by atoms with Crippen molar-refractivity contribution >= 4 is 28.3 Å². The molecule has 0 N–H and O–H groups in total. The van der Waals surface area contributed by atoms with Gasteiger partial charge in [0.2, 0.25) is 11.8 Å². The number of hydrogen-bond acceptors (Lipinski definition) is 6. The molecule has 2 atom stereocenters. The molecule has 2 aliphatic heterocycles. The summed E-state index contributed by atoms with van der Waals surface area (Å²) in [4.78, 5) is 35.3. The Bertz CT molecular complexity index is 677. The number of carbonyl (C=O) groups is 2. The second-order valence-corrected chi connectivity index (χ2v) is 8.77. The zero-order valence-electron chi connectivity index (χ0n) is 17.4. The van der Waals surface area contributed by atoms with Crippen LogP contribution in [0.5, 0.6) is 0 Å². The van der Waals surface area contributed by atoms with E-state index in [1.165, 1.54) is 11.3 Å². The summed E-state index contributed by atoms with van der Waals surface area (Å²) >= 11 is 1.52. The van der Waals surface area contributed by atoms with E-state index in [1.807, 2.05) is 31.1 Å². The summed E-state index contributed by atoms with van der Waals surface area (Å²) in [5.74, 6) is 0.431. The van der Waals surface area contributed by atoms with Crippen LogP contribution in [-0.4, -0.2) is 71.5 Å². The molecule has 2 aliphatic rings. The van der Waals surface area contributed by atoms with Gasteiger partial charge >= 0.3 is 0 Å². The topological polar surface area (TPSA) is 66.0 Å². The molecular weight excluding hydrogens is 376 g/mol. The molecule has 156 valence electrons. The Kier molecular flexibility index (Phi) is 7.06. The third-order valence-corrected chi connectivity index (χ3v) is 6.43. The number of ether oxygens (including phenoxy) is 1. The van der Waals surface area contributed by atoms with Crippen LogP contribution in [-0.2, 0) is 20.9 Å². The second kappa shape index (κ2) is 9.33. The lowest BCUT2D eigenvalue weighted by Crippen LogP contribution is -2.51. The fourth-order valence-corrected chi connectivity index (χ4v) is 5.09. The summed E-state index contributed by atoms with van der Waals surface area (Å²) < 4.78 is 5.75. The molecule has 2 fully saturated rings. The van der Waals surface area contributed by atoms with Gasteiger partial charge in [-0.1, -0.05) is 0 Å². The lowest BCUT2D eigenvalue weighted by molar-refractivity contribution is -0.148. The molecule has 0 aliphatic carbocycles. The minimum atomic E-state index is 0.0227. The van der Waals surface area contributed by atoms with E-state index in [1.54, 1.807) is 11.8 Å². The van der Waals surface area contributed by atoms with Gasteiger partial charge in [-0.3, -0.25) is 19.4 Å². The lowest BCUT2D eigenvalue weighted by atomic mass is 9.94. The number of hydrogen-bond donors (Lipinski definition) is 0. The van der Waals surface area contributed by atoms with E-state index >= 15 is 0 Å². The first-order chi connectivity index (χ1) is 13.4. The van der Waals surface area contributed by atoms with Gasteiger partial charge < -0.3 is 9.64 Å². The first kappa shape index (κ1) is 21.2. The smallest absolute Gasteiger partial charge is 0.225 e. The molecule has 0 spiro atoms. The summed E-state index contributed by atoms with van der Waals surface area (Å²) in [6.07, 6.45) is 2.02. The molecule has 7 nitrogen and oxygen atoms in total. The van der Waals surface area contributed by atoms with Crippen LogP contribution >= 0.6 is 11.3 Å². The van der Waals surface area contributed by atoms with Crippen molar-refractivity contribution in [2.45, 2.75) is 59.3 Å². The number of amides is 2. The Morgan fingerprint density at radius 1 is 1.25 bits per heavy atom. The maximum Gasteiger partial charge on any atom is 0.225 e. The fraction of sp³-hybridized carbons (Fsp3) is 0.750. The average molecular weight is 409 g/mol. The summed E-state index contributed by atoms with van der Waals surface area (Å²) in [5, 5.41) is 2.81. The molecule has 8 heteroatoms. The molecule has 28 heavy (non-hydrogen) atoms. The monoisotopic (exact) mass is 408 g/mol. The number of carbonyl (C=O) groups excluding carboxylic acids is 2. The zero-order valence-corrected chi connectivity index (χ0v) is 18.2. The van der Waals surface area contributed by atoms with E-state index in [-0.39, 0.29) is 29.9 Å². The maximum absolute atomic E-state index is 12.9. The number of morpholine rings is 1. The normalized spacial score (nSPS) is 24.4. The molecule has 2 amide bonds. The van der Waals surface area contributed by atoms with Gasteiger partial charge in [-0.25, -0.2) is 4.98 Å². The highest BCUT2D eigenvalue weighted by molar-refractivity contribution is 7.14. The molecule has 0 saturated carbocycles. The number of thiazole rings is 1. The average Bonchev–Trinajstić information content (AvgIpc) is 3.09. The molecule has 2 unspecified atom stereocenters. The fourth-order valence-electron chi connectivity index (χ4n) is 4.17. The number of anilines is 1. The Morgan fingerprint density at radius 3 is 2.46 bits per heavy atom. The number of rotatable bonds is 5. The molecule has 3 rings (SSSR count). The summed E-state index contributed by atoms with van der Waals surface area (Å²) in [6, 6.07) is 0. The number of nitrogens with zero attached hydrogens (tertiary/aromatic N) is 4. The van der Waals surface area contributed by atoms with Gasteiger partial charge in [0.05, 0.1) is 17.9 Å². The zero-order chi connectivity index (χ0) is 20.3. The number of aromatic nitrogens is 1. The van der Waals surface area contributed by atoms with Crippen LogP contribution in [0.3, 0.4) is 0 Å². The van der Waals surface area contributed by atoms with Crippen LogP contribution < -0.4 is 4.90 Å². The van der Waals surface area contributed by atoms with Crippen molar-refractivity contribution in [3.63, 3.8) is 0 Å². The molecule has 0 aromatic carbocycles. The molecular formula is C20H32N4O3S. The van der Waals surface area contributed by atoms with Crippen molar-refractivity contribution in [3.05, 3.63) is 11.1 Å². The van der Waals surface area contributed by atoms with E-state index in [9.17, 15) is 9.59 Å². The van der Waals surface area contributed by atoms with E-state index in [4.69, 9.17) is 4.74 Å². The highest BCUT2D eigenvalue weighted by Gasteiger charge is 2.32. The van der Waals surface area contributed by atoms with Gasteiger partial charge in [-0.15, -0.1) is 11.3 Å². The molecule has 1 aromatic rings. The third kappa shape index (κ3) is 5.10. The minimum Gasteiger partial charge on any atom is -0.372 e. The Hall–Kier alpha value is -1.51. The van der Waals surface area contributed by atoms with Crippen LogP contribution in [0.2, 0.25) is 0 Å². The highest BCUT2D eigenvalue weighted by Crippen LogP contribution is 2.25. The van der Waals surface area contributed by atoms with Crippen LogP contribution in [0.1, 0.15) is 46.2 Å². The van der Waals surface area contributed by atoms with E-state index in [2.05, 4.69) is 9.88 Å². The molecule has 1 aromatic heterocycles. The summed E-state index contributed by atoms with van der Waals surface area (Å²) in [6.45, 7) is 12.2. The van der Waals surface area contributed by atoms with Gasteiger partial charge in [-0.2, -0.15) is 0 Å². The van der Waals surface area contributed by atoms with E-state index in [0.717, 1.165) is 43.3 Å². The highest BCUT2D eigenvalue weighted by atomic mass is 32.1. The van der Waals surface area contributed by atoms with Gasteiger partial charge in [-0.05, 0) is 46.7 Å². The van der Waals surface area contributed by atoms with Gasteiger partial charge in [0.1, 0.15) is 0 Å². The van der Waals surface area contributed by atoms with Gasteiger partial charge in [0, 0.05) is 44.4 Å². The van der Waals surface area contributed by atoms with Gasteiger partial charge in [0.15, 0.2) is 5.13 Å². The minimum absolute atomic E-state index is 0.0227. The second-order valence-electron chi connectivity index (χ2n) is 7.94. The van der Waals surface area contributed by atoms with Crippen molar-refractivity contribution in [2.24, 2.45) is 5.92 Å². The van der Waals surface area contributed by atoms with Crippen molar-refractivity contribution in [2.75, 3.05) is 37.6 Å². The predicted octanol–water partition coefficient (Wildman–Crippen LogP) is 2.36. The Labute approximate surface area is 171 Å². The molecule has 0 radical (unpaired) electrons. The van der Waals surface area contributed by atoms with Crippen LogP contribution in [0.4, 0.5) is 5.13 Å². The third-order valence-electron chi connectivity index (χ3n) is 5.52. The maximum atomic E-state index is 12.9. The first-order valence-electron chi connectivity index (χ1n) is 10.3. The quantitative estimate of drug-likeness (QED) is 0.748. The molecule has 2 saturated heterocycles. The van der Waals surface area contributed by atoms with E-state index in [0.29, 0.717) is 19.6 Å². The van der Waals surface area contributed by atoms with Crippen LogP contribution in [0.25, 0.3) is 0 Å². The van der Waals surface area contributed by atoms with Crippen LogP contribution in [0, 0.1) is 5.92 Å². The largest absolute Gasteiger partial charge is 0.372 e. The van der Waals surface area contributed by atoms with Crippen molar-refractivity contribution in [1.29, 1.82) is 0 Å². The predicted molar refractivity (Wildman–Crippen MR) is 110 cm³/mol. The first-order valence-corrected chi connectivity index (χ1v) is 11.1. The van der Waals surface area contributed by atoms with Crippen molar-refractivity contribution in [3.8, 4) is 0 Å². The standard InChI is InChI=1S/C20H32N4O3S/c1-5-24(16(4)25)20-21-18(13-28-20)12-22-8-6-17(7-9-22)19(26)23-10-14(2)27-15(3)11-23/h13-15,17H,5-12H2,1-4H3. The Morgan fingerprint density at radius 2 is 1.89 bits per heavy atom. The van der Waals surface area contributed by atoms with Crippen molar-refractivity contribution in [1.82, 2.24) is 14.8 Å². The van der Waals surface area contributed by atoms with Crippen molar-refractivity contribution < 1.29 is 14.3 Å².